The summed E-state index contributed by atoms with van der Waals surface area (Å²) in [6.45, 7) is 5.75. The molecule has 3 aromatic heterocycles. The molecular formula is C47H33N3O3. The van der Waals surface area contributed by atoms with E-state index in [4.69, 9.17) is 23.2 Å². The SMILES string of the molecule is C=C/C=c1/nc(-c2ccc(N(c3ccc(-c4cc(-c5ccccc5)c5occc5c4)cc3)c3ccc(-c4nc5ccccc5o4)cc3)cc2)o/c1=C/C. The van der Waals surface area contributed by atoms with Crippen molar-refractivity contribution in [3.63, 3.8) is 0 Å². The number of fused-ring (bicyclic) bond motifs is 2. The Labute approximate surface area is 305 Å². The fourth-order valence-corrected chi connectivity index (χ4v) is 6.74. The largest absolute Gasteiger partial charge is 0.464 e. The van der Waals surface area contributed by atoms with Crippen molar-refractivity contribution >= 4 is 51.3 Å². The van der Waals surface area contributed by atoms with Gasteiger partial charge in [-0.25, -0.2) is 9.97 Å². The van der Waals surface area contributed by atoms with Gasteiger partial charge in [-0.3, -0.25) is 0 Å². The zero-order valence-corrected chi connectivity index (χ0v) is 28.9. The molecule has 0 aliphatic heterocycles. The molecule has 0 amide bonds. The van der Waals surface area contributed by atoms with E-state index in [0.29, 0.717) is 17.2 Å². The maximum Gasteiger partial charge on any atom is 0.227 e. The molecule has 0 fully saturated rings. The Hall–Kier alpha value is -7.18. The minimum absolute atomic E-state index is 0.556. The number of hydrogen-bond acceptors (Lipinski definition) is 6. The van der Waals surface area contributed by atoms with E-state index < -0.39 is 0 Å². The summed E-state index contributed by atoms with van der Waals surface area (Å²) in [5.41, 5.74) is 12.4. The molecule has 9 rings (SSSR count). The van der Waals surface area contributed by atoms with E-state index in [1.165, 1.54) is 0 Å². The summed E-state index contributed by atoms with van der Waals surface area (Å²) in [6.07, 6.45) is 7.23. The first-order chi connectivity index (χ1) is 26.1. The zero-order valence-electron chi connectivity index (χ0n) is 28.9. The normalized spacial score (nSPS) is 12.2. The fraction of sp³-hybridized carbons (Fsp3) is 0.0213. The lowest BCUT2D eigenvalue weighted by atomic mass is 9.96. The van der Waals surface area contributed by atoms with Gasteiger partial charge in [-0.1, -0.05) is 67.3 Å². The van der Waals surface area contributed by atoms with Crippen LogP contribution in [0.4, 0.5) is 17.1 Å². The molecule has 0 aliphatic carbocycles. The Bertz CT molecular complexity index is 2810. The van der Waals surface area contributed by atoms with Crippen molar-refractivity contribution in [2.75, 3.05) is 4.90 Å². The van der Waals surface area contributed by atoms with Crippen LogP contribution >= 0.6 is 0 Å². The van der Waals surface area contributed by atoms with E-state index in [1.807, 2.05) is 79.7 Å². The smallest absolute Gasteiger partial charge is 0.227 e. The highest BCUT2D eigenvalue weighted by Crippen LogP contribution is 2.39. The molecule has 0 atom stereocenters. The Morgan fingerprint density at radius 2 is 1.21 bits per heavy atom. The highest BCUT2D eigenvalue weighted by Gasteiger charge is 2.17. The zero-order chi connectivity index (χ0) is 35.7. The number of para-hydroxylation sites is 2. The number of nitrogens with zero attached hydrogens (tertiary/aromatic N) is 3. The molecular weight excluding hydrogens is 655 g/mol. The summed E-state index contributed by atoms with van der Waals surface area (Å²) >= 11 is 0. The summed E-state index contributed by atoms with van der Waals surface area (Å²) in [5.74, 6) is 1.14. The van der Waals surface area contributed by atoms with Crippen LogP contribution in [0.25, 0.3) is 79.4 Å². The predicted molar refractivity (Wildman–Crippen MR) is 214 cm³/mol. The van der Waals surface area contributed by atoms with Crippen molar-refractivity contribution < 1.29 is 13.3 Å². The summed E-state index contributed by atoms with van der Waals surface area (Å²) in [5, 5.41) is 1.82. The van der Waals surface area contributed by atoms with Crippen LogP contribution in [0, 0.1) is 0 Å². The average molecular weight is 688 g/mol. The Morgan fingerprint density at radius 1 is 0.585 bits per heavy atom. The molecule has 0 radical (unpaired) electrons. The van der Waals surface area contributed by atoms with Crippen LogP contribution in [0.2, 0.25) is 0 Å². The van der Waals surface area contributed by atoms with Crippen molar-refractivity contribution in [1.82, 2.24) is 9.97 Å². The minimum Gasteiger partial charge on any atom is -0.464 e. The van der Waals surface area contributed by atoms with Gasteiger partial charge in [-0.2, -0.15) is 0 Å². The fourth-order valence-electron chi connectivity index (χ4n) is 6.74. The van der Waals surface area contributed by atoms with Gasteiger partial charge in [0, 0.05) is 39.1 Å². The molecule has 0 saturated carbocycles. The quantitative estimate of drug-likeness (QED) is 0.158. The number of allylic oxidation sites excluding steroid dienone is 1. The van der Waals surface area contributed by atoms with Crippen molar-refractivity contribution in [1.29, 1.82) is 0 Å². The summed E-state index contributed by atoms with van der Waals surface area (Å²) in [7, 11) is 0. The number of aromatic nitrogens is 2. The number of anilines is 3. The van der Waals surface area contributed by atoms with Crippen molar-refractivity contribution in [2.45, 2.75) is 6.92 Å². The minimum atomic E-state index is 0.556. The van der Waals surface area contributed by atoms with Gasteiger partial charge in [-0.15, -0.1) is 0 Å². The molecule has 0 N–H and O–H groups in total. The Kier molecular flexibility index (Phi) is 8.10. The monoisotopic (exact) mass is 687 g/mol. The molecule has 53 heavy (non-hydrogen) atoms. The lowest BCUT2D eigenvalue weighted by molar-refractivity contribution is 0.540. The second-order valence-electron chi connectivity index (χ2n) is 12.7. The molecule has 9 aromatic rings. The van der Waals surface area contributed by atoms with Crippen molar-refractivity contribution in [3.05, 3.63) is 175 Å². The van der Waals surface area contributed by atoms with Crippen LogP contribution in [0.15, 0.2) is 178 Å². The lowest BCUT2D eigenvalue weighted by Gasteiger charge is -2.26. The number of oxazole rings is 2. The molecule has 3 heterocycles. The van der Waals surface area contributed by atoms with Gasteiger partial charge in [0.15, 0.2) is 11.0 Å². The van der Waals surface area contributed by atoms with Crippen LogP contribution in [0.1, 0.15) is 6.92 Å². The van der Waals surface area contributed by atoms with Crippen molar-refractivity contribution in [2.24, 2.45) is 0 Å². The van der Waals surface area contributed by atoms with Gasteiger partial charge in [0.1, 0.15) is 16.4 Å². The number of rotatable bonds is 8. The third-order valence-corrected chi connectivity index (χ3v) is 9.35. The third kappa shape index (κ3) is 6.02. The van der Waals surface area contributed by atoms with E-state index in [9.17, 15) is 0 Å². The molecule has 6 heteroatoms. The van der Waals surface area contributed by atoms with Gasteiger partial charge in [0.25, 0.3) is 0 Å². The van der Waals surface area contributed by atoms with E-state index in [0.717, 1.165) is 77.9 Å². The van der Waals surface area contributed by atoms with Gasteiger partial charge in [-0.05, 0) is 127 Å². The first kappa shape index (κ1) is 31.8. The van der Waals surface area contributed by atoms with E-state index in [2.05, 4.69) is 96.4 Å². The highest BCUT2D eigenvalue weighted by atomic mass is 16.4. The van der Waals surface area contributed by atoms with Gasteiger partial charge in [0.05, 0.1) is 6.26 Å². The Balaban J connectivity index is 1.10. The molecule has 6 aromatic carbocycles. The van der Waals surface area contributed by atoms with Crippen LogP contribution < -0.4 is 15.7 Å². The first-order valence-corrected chi connectivity index (χ1v) is 17.4. The lowest BCUT2D eigenvalue weighted by Crippen LogP contribution is -2.20. The van der Waals surface area contributed by atoms with Gasteiger partial charge < -0.3 is 18.2 Å². The summed E-state index contributed by atoms with van der Waals surface area (Å²) in [4.78, 5) is 11.6. The maximum absolute atomic E-state index is 6.08. The molecule has 0 aliphatic rings. The van der Waals surface area contributed by atoms with Crippen LogP contribution in [0.3, 0.4) is 0 Å². The topological polar surface area (TPSA) is 68.4 Å². The second kappa shape index (κ2) is 13.5. The summed E-state index contributed by atoms with van der Waals surface area (Å²) < 4.78 is 18.1. The number of furan rings is 1. The van der Waals surface area contributed by atoms with Crippen LogP contribution in [0.5, 0.6) is 0 Å². The Morgan fingerprint density at radius 3 is 1.85 bits per heavy atom. The van der Waals surface area contributed by atoms with Crippen LogP contribution in [-0.2, 0) is 0 Å². The highest BCUT2D eigenvalue weighted by molar-refractivity contribution is 5.96. The second-order valence-corrected chi connectivity index (χ2v) is 12.7. The summed E-state index contributed by atoms with van der Waals surface area (Å²) in [6, 6.07) is 49.8. The average Bonchev–Trinajstić information content (AvgIpc) is 3.98. The molecule has 0 unspecified atom stereocenters. The maximum atomic E-state index is 6.08. The first-order valence-electron chi connectivity index (χ1n) is 17.4. The molecule has 254 valence electrons. The van der Waals surface area contributed by atoms with Gasteiger partial charge in [0.2, 0.25) is 11.8 Å². The standard InChI is InChI=1S/C47H33N3O3/c1-3-10-41-43(4-2)52-46(48-41)33-17-23-38(24-18-33)50(39-25-19-34(20-26-39)47-49-42-13-8-9-14-44(42)53-47)37-21-15-31(16-22-37)36-29-35-27-28-51-45(35)40(30-36)32-11-6-5-7-12-32/h3-30H,1H2,2H3/b41-10+,43-4+. The van der Waals surface area contributed by atoms with Crippen LogP contribution in [-0.4, -0.2) is 9.97 Å². The van der Waals surface area contributed by atoms with Gasteiger partial charge >= 0.3 is 0 Å². The van der Waals surface area contributed by atoms with E-state index in [-0.39, 0.29) is 0 Å². The van der Waals surface area contributed by atoms with Crippen molar-refractivity contribution in [3.8, 4) is 45.2 Å². The molecule has 0 bridgehead atoms. The number of hydrogen-bond donors (Lipinski definition) is 0. The van der Waals surface area contributed by atoms with E-state index in [1.54, 1.807) is 12.3 Å². The predicted octanol–water partition coefficient (Wildman–Crippen LogP) is 11.5. The molecule has 0 saturated heterocycles. The molecule has 6 nitrogen and oxygen atoms in total. The third-order valence-electron chi connectivity index (χ3n) is 9.35. The van der Waals surface area contributed by atoms with E-state index >= 15 is 0 Å². The number of benzene rings is 6. The molecule has 0 spiro atoms.